The molecule has 0 aliphatic rings. The van der Waals surface area contributed by atoms with Crippen LogP contribution < -0.4 is 0 Å². The molecule has 0 fully saturated rings. The van der Waals surface area contributed by atoms with Crippen molar-refractivity contribution in [3.05, 3.63) is 0 Å². The SMILES string of the molecule is CC(O)CS(=O)(=O)OCS. The topological polar surface area (TPSA) is 63.6 Å². The first kappa shape index (κ1) is 10.2. The summed E-state index contributed by atoms with van der Waals surface area (Å²) in [5.74, 6) is -0.567. The molecule has 0 radical (unpaired) electrons. The van der Waals surface area contributed by atoms with Gasteiger partial charge in [0, 0.05) is 0 Å². The molecule has 0 aromatic heterocycles. The van der Waals surface area contributed by atoms with Gasteiger partial charge in [-0.25, -0.2) is 0 Å². The minimum Gasteiger partial charge on any atom is -0.392 e. The zero-order valence-corrected chi connectivity index (χ0v) is 7.23. The molecule has 0 aliphatic heterocycles. The van der Waals surface area contributed by atoms with Gasteiger partial charge in [0.2, 0.25) is 0 Å². The first-order valence-electron chi connectivity index (χ1n) is 2.64. The van der Waals surface area contributed by atoms with Crippen LogP contribution in [-0.4, -0.2) is 31.3 Å². The van der Waals surface area contributed by atoms with E-state index in [0.29, 0.717) is 0 Å². The maximum atomic E-state index is 10.6. The van der Waals surface area contributed by atoms with Crippen molar-refractivity contribution < 1.29 is 17.7 Å². The normalized spacial score (nSPS) is 15.1. The molecule has 0 heterocycles. The summed E-state index contributed by atoms with van der Waals surface area (Å²) in [6.45, 7) is 1.37. The summed E-state index contributed by atoms with van der Waals surface area (Å²) in [5.41, 5.74) is 0. The van der Waals surface area contributed by atoms with Crippen molar-refractivity contribution in [1.29, 1.82) is 0 Å². The molecule has 1 N–H and O–H groups in total. The molecule has 1 atom stereocenters. The van der Waals surface area contributed by atoms with Crippen LogP contribution in [0.1, 0.15) is 6.92 Å². The van der Waals surface area contributed by atoms with E-state index in [1.54, 1.807) is 0 Å². The van der Waals surface area contributed by atoms with Gasteiger partial charge >= 0.3 is 0 Å². The van der Waals surface area contributed by atoms with Crippen LogP contribution in [0.2, 0.25) is 0 Å². The predicted octanol–water partition coefficient (Wildman–Crippen LogP) is -0.399. The van der Waals surface area contributed by atoms with E-state index in [2.05, 4.69) is 16.8 Å². The van der Waals surface area contributed by atoms with Gasteiger partial charge in [0.05, 0.1) is 6.10 Å². The molecule has 10 heavy (non-hydrogen) atoms. The maximum Gasteiger partial charge on any atom is 0.270 e. The standard InChI is InChI=1S/C4H10O4S2/c1-4(5)2-10(6,7)8-3-9/h4-5,9H,2-3H2,1H3. The van der Waals surface area contributed by atoms with Crippen molar-refractivity contribution in [3.8, 4) is 0 Å². The Kier molecular flexibility index (Phi) is 4.26. The second-order valence-electron chi connectivity index (χ2n) is 1.82. The third kappa shape index (κ3) is 5.04. The average Bonchev–Trinajstić information content (AvgIpc) is 1.59. The lowest BCUT2D eigenvalue weighted by Crippen LogP contribution is -2.19. The van der Waals surface area contributed by atoms with Gasteiger partial charge in [-0.05, 0) is 6.92 Å². The molecule has 0 saturated carbocycles. The van der Waals surface area contributed by atoms with Gasteiger partial charge in [0.25, 0.3) is 10.1 Å². The highest BCUT2D eigenvalue weighted by molar-refractivity contribution is 7.87. The van der Waals surface area contributed by atoms with Gasteiger partial charge < -0.3 is 5.11 Å². The molecule has 0 bridgehead atoms. The zero-order valence-electron chi connectivity index (χ0n) is 5.52. The molecule has 0 aromatic carbocycles. The minimum absolute atomic E-state index is 0.185. The van der Waals surface area contributed by atoms with Gasteiger partial charge in [-0.2, -0.15) is 8.42 Å². The van der Waals surface area contributed by atoms with Crippen LogP contribution in [0.15, 0.2) is 0 Å². The summed E-state index contributed by atoms with van der Waals surface area (Å²) in [7, 11) is -3.56. The zero-order chi connectivity index (χ0) is 8.20. The number of aliphatic hydroxyl groups excluding tert-OH is 1. The highest BCUT2D eigenvalue weighted by atomic mass is 32.2. The third-order valence-electron chi connectivity index (χ3n) is 0.678. The average molecular weight is 186 g/mol. The van der Waals surface area contributed by atoms with Crippen molar-refractivity contribution in [2.75, 3.05) is 11.7 Å². The molecule has 0 aromatic rings. The van der Waals surface area contributed by atoms with Gasteiger partial charge in [0.1, 0.15) is 11.7 Å². The second-order valence-corrected chi connectivity index (χ2v) is 3.76. The summed E-state index contributed by atoms with van der Waals surface area (Å²) in [4.78, 5) is 0. The minimum atomic E-state index is -3.56. The fraction of sp³-hybridized carbons (Fsp3) is 1.00. The molecule has 0 rings (SSSR count). The molecule has 1 unspecified atom stereocenters. The lowest BCUT2D eigenvalue weighted by molar-refractivity contribution is 0.213. The molecule has 4 nitrogen and oxygen atoms in total. The van der Waals surface area contributed by atoms with E-state index in [0.717, 1.165) is 0 Å². The molecule has 6 heteroatoms. The molecular weight excluding hydrogens is 176 g/mol. The van der Waals surface area contributed by atoms with Crippen LogP contribution in [0.3, 0.4) is 0 Å². The molecule has 62 valence electrons. The number of hydrogen-bond donors (Lipinski definition) is 2. The number of hydrogen-bond acceptors (Lipinski definition) is 5. The first-order valence-corrected chi connectivity index (χ1v) is 4.85. The molecule has 0 spiro atoms. The Morgan fingerprint density at radius 1 is 1.70 bits per heavy atom. The van der Waals surface area contributed by atoms with Crippen molar-refractivity contribution in [1.82, 2.24) is 0 Å². The molecular formula is C4H10O4S2. The van der Waals surface area contributed by atoms with Crippen LogP contribution in [0.5, 0.6) is 0 Å². The summed E-state index contributed by atoms with van der Waals surface area (Å²) in [6, 6.07) is 0. The second kappa shape index (κ2) is 4.17. The predicted molar refractivity (Wildman–Crippen MR) is 40.4 cm³/mol. The van der Waals surface area contributed by atoms with Crippen LogP contribution >= 0.6 is 12.6 Å². The third-order valence-corrected chi connectivity index (χ3v) is 2.35. The lowest BCUT2D eigenvalue weighted by Gasteiger charge is -2.03. The summed E-state index contributed by atoms with van der Waals surface area (Å²) in [6.07, 6.45) is -0.898. The maximum absolute atomic E-state index is 10.6. The Bertz CT molecular complexity index is 172. The van der Waals surface area contributed by atoms with Gasteiger partial charge in [-0.3, -0.25) is 4.18 Å². The van der Waals surface area contributed by atoms with Crippen LogP contribution in [-0.2, 0) is 14.3 Å². The van der Waals surface area contributed by atoms with Crippen molar-refractivity contribution in [3.63, 3.8) is 0 Å². The van der Waals surface area contributed by atoms with E-state index in [4.69, 9.17) is 5.11 Å². The van der Waals surface area contributed by atoms with Crippen LogP contribution in [0, 0.1) is 0 Å². The van der Waals surface area contributed by atoms with Gasteiger partial charge in [0.15, 0.2) is 0 Å². The van der Waals surface area contributed by atoms with Crippen LogP contribution in [0.25, 0.3) is 0 Å². The summed E-state index contributed by atoms with van der Waals surface area (Å²) in [5, 5.41) is 8.63. The Labute approximate surface area is 65.7 Å². The quantitative estimate of drug-likeness (QED) is 0.356. The Morgan fingerprint density at radius 2 is 2.20 bits per heavy atom. The van der Waals surface area contributed by atoms with Crippen molar-refractivity contribution in [2.45, 2.75) is 13.0 Å². The Balaban J connectivity index is 3.89. The fourth-order valence-corrected chi connectivity index (χ4v) is 1.75. The first-order chi connectivity index (χ1) is 4.48. The highest BCUT2D eigenvalue weighted by Gasteiger charge is 2.13. The summed E-state index contributed by atoms with van der Waals surface area (Å²) >= 11 is 3.55. The molecule has 0 aliphatic carbocycles. The number of rotatable bonds is 4. The van der Waals surface area contributed by atoms with Crippen LogP contribution in [0.4, 0.5) is 0 Å². The molecule has 0 saturated heterocycles. The van der Waals surface area contributed by atoms with E-state index in [1.165, 1.54) is 6.92 Å². The highest BCUT2D eigenvalue weighted by Crippen LogP contribution is 1.96. The van der Waals surface area contributed by atoms with Crippen molar-refractivity contribution in [2.24, 2.45) is 0 Å². The lowest BCUT2D eigenvalue weighted by atomic mass is 10.5. The van der Waals surface area contributed by atoms with E-state index in [-0.39, 0.29) is 11.7 Å². The number of aliphatic hydroxyl groups is 1. The Morgan fingerprint density at radius 3 is 2.50 bits per heavy atom. The van der Waals surface area contributed by atoms with Gasteiger partial charge in [-0.1, -0.05) is 0 Å². The van der Waals surface area contributed by atoms with E-state index < -0.39 is 16.2 Å². The van der Waals surface area contributed by atoms with E-state index >= 15 is 0 Å². The Hall–Kier alpha value is 0.220. The smallest absolute Gasteiger partial charge is 0.270 e. The monoisotopic (exact) mass is 186 g/mol. The fourth-order valence-electron chi connectivity index (χ4n) is 0.424. The number of thiol groups is 1. The van der Waals surface area contributed by atoms with E-state index in [1.807, 2.05) is 0 Å². The van der Waals surface area contributed by atoms with Gasteiger partial charge in [-0.15, -0.1) is 12.6 Å². The van der Waals surface area contributed by atoms with Crippen molar-refractivity contribution >= 4 is 22.7 Å². The summed E-state index contributed by atoms with van der Waals surface area (Å²) < 4.78 is 25.4. The molecule has 0 amide bonds. The largest absolute Gasteiger partial charge is 0.392 e. The van der Waals surface area contributed by atoms with E-state index in [9.17, 15) is 8.42 Å².